The van der Waals surface area contributed by atoms with Crippen molar-refractivity contribution in [1.29, 1.82) is 0 Å². The van der Waals surface area contributed by atoms with E-state index >= 15 is 0 Å². The summed E-state index contributed by atoms with van der Waals surface area (Å²) in [4.78, 5) is 12.8. The Morgan fingerprint density at radius 3 is 2.21 bits per heavy atom. The van der Waals surface area contributed by atoms with Crippen LogP contribution in [0.15, 0.2) is 24.3 Å². The number of benzene rings is 1. The van der Waals surface area contributed by atoms with Crippen molar-refractivity contribution in [1.82, 2.24) is 0 Å². The number of carboxylic acid groups (broad SMARTS) is 1. The highest BCUT2D eigenvalue weighted by atomic mass is 16.4. The summed E-state index contributed by atoms with van der Waals surface area (Å²) in [6.07, 6.45) is 4.68. The Morgan fingerprint density at radius 1 is 1.16 bits per heavy atom. The van der Waals surface area contributed by atoms with Gasteiger partial charge in [-0.1, -0.05) is 12.1 Å². The van der Waals surface area contributed by atoms with Crippen LogP contribution in [0.5, 0.6) is 0 Å². The molecule has 1 N–H and O–H groups in total. The van der Waals surface area contributed by atoms with E-state index in [2.05, 4.69) is 29.2 Å². The van der Waals surface area contributed by atoms with Gasteiger partial charge < -0.3 is 10.0 Å². The van der Waals surface area contributed by atoms with E-state index in [0.29, 0.717) is 18.3 Å². The molecule has 1 saturated carbocycles. The minimum absolute atomic E-state index is 0.340. The summed E-state index contributed by atoms with van der Waals surface area (Å²) in [5, 5.41) is 8.83. The monoisotopic (exact) mass is 261 g/mol. The van der Waals surface area contributed by atoms with Crippen LogP contribution in [0.25, 0.3) is 0 Å². The minimum Gasteiger partial charge on any atom is -0.481 e. The van der Waals surface area contributed by atoms with Crippen molar-refractivity contribution in [3.05, 3.63) is 29.8 Å². The van der Waals surface area contributed by atoms with Gasteiger partial charge in [-0.15, -0.1) is 0 Å². The van der Waals surface area contributed by atoms with E-state index in [9.17, 15) is 4.79 Å². The van der Waals surface area contributed by atoms with Gasteiger partial charge in [0.2, 0.25) is 0 Å². The average molecular weight is 261 g/mol. The van der Waals surface area contributed by atoms with Crippen LogP contribution in [0.2, 0.25) is 0 Å². The second-order valence-electron chi connectivity index (χ2n) is 5.80. The van der Waals surface area contributed by atoms with Crippen LogP contribution in [0, 0.1) is 5.92 Å². The number of carboxylic acids is 1. The molecule has 0 aliphatic heterocycles. The largest absolute Gasteiger partial charge is 0.481 e. The van der Waals surface area contributed by atoms with Crippen molar-refractivity contribution in [2.75, 3.05) is 19.0 Å². The van der Waals surface area contributed by atoms with Gasteiger partial charge in [0, 0.05) is 26.2 Å². The van der Waals surface area contributed by atoms with E-state index in [0.717, 1.165) is 25.7 Å². The summed E-state index contributed by atoms with van der Waals surface area (Å²) >= 11 is 0. The number of hydrogen-bond donors (Lipinski definition) is 1. The van der Waals surface area contributed by atoms with Gasteiger partial charge >= 0.3 is 5.97 Å². The Bertz CT molecular complexity index is 417. The third-order valence-corrected chi connectivity index (χ3v) is 4.19. The Kier molecular flexibility index (Phi) is 4.46. The Labute approximate surface area is 115 Å². The lowest BCUT2D eigenvalue weighted by molar-refractivity contribution is -0.138. The molecule has 1 aromatic rings. The number of rotatable bonds is 4. The molecule has 0 atom stereocenters. The van der Waals surface area contributed by atoms with Gasteiger partial charge in [0.25, 0.3) is 0 Å². The molecular formula is C16H23NO2. The van der Waals surface area contributed by atoms with E-state index in [1.807, 2.05) is 14.1 Å². The molecular weight excluding hydrogens is 238 g/mol. The summed E-state index contributed by atoms with van der Waals surface area (Å²) in [7, 11) is 4.10. The Hall–Kier alpha value is -1.51. The molecule has 0 saturated heterocycles. The third kappa shape index (κ3) is 3.72. The van der Waals surface area contributed by atoms with Gasteiger partial charge in [-0.2, -0.15) is 0 Å². The molecule has 0 bridgehead atoms. The second-order valence-corrected chi connectivity index (χ2v) is 5.80. The zero-order chi connectivity index (χ0) is 13.8. The lowest BCUT2D eigenvalue weighted by Gasteiger charge is -2.28. The maximum absolute atomic E-state index is 10.7. The molecule has 104 valence electrons. The van der Waals surface area contributed by atoms with Crippen LogP contribution in [0.1, 0.15) is 43.6 Å². The van der Waals surface area contributed by atoms with E-state index in [1.165, 1.54) is 11.3 Å². The fraction of sp³-hybridized carbons (Fsp3) is 0.562. The van der Waals surface area contributed by atoms with Crippen molar-refractivity contribution in [3.8, 4) is 0 Å². The summed E-state index contributed by atoms with van der Waals surface area (Å²) in [5.41, 5.74) is 2.63. The van der Waals surface area contributed by atoms with Crippen LogP contribution < -0.4 is 4.90 Å². The zero-order valence-corrected chi connectivity index (χ0v) is 11.8. The summed E-state index contributed by atoms with van der Waals surface area (Å²) in [5.74, 6) is 0.342. The van der Waals surface area contributed by atoms with Crippen LogP contribution >= 0.6 is 0 Å². The first-order valence-electron chi connectivity index (χ1n) is 7.05. The van der Waals surface area contributed by atoms with E-state index in [-0.39, 0.29) is 0 Å². The predicted molar refractivity (Wildman–Crippen MR) is 77.7 cm³/mol. The number of hydrogen-bond acceptors (Lipinski definition) is 2. The molecule has 0 radical (unpaired) electrons. The van der Waals surface area contributed by atoms with Crippen LogP contribution in [0.4, 0.5) is 5.69 Å². The molecule has 0 heterocycles. The van der Waals surface area contributed by atoms with Crippen LogP contribution in [-0.2, 0) is 4.79 Å². The standard InChI is InChI=1S/C16H23NO2/c1-17(2)15-9-7-14(8-10-15)13-5-3-12(4-6-13)11-16(18)19/h7-10,12-13H,3-6,11H2,1-2H3,(H,18,19). The number of carbonyl (C=O) groups is 1. The molecule has 1 fully saturated rings. The van der Waals surface area contributed by atoms with Crippen LogP contribution in [-0.4, -0.2) is 25.2 Å². The van der Waals surface area contributed by atoms with Gasteiger partial charge in [-0.3, -0.25) is 4.79 Å². The maximum Gasteiger partial charge on any atom is 0.303 e. The smallest absolute Gasteiger partial charge is 0.303 e. The Balaban J connectivity index is 1.92. The molecule has 1 aromatic carbocycles. The highest BCUT2D eigenvalue weighted by molar-refractivity contribution is 5.67. The first-order valence-corrected chi connectivity index (χ1v) is 7.05. The molecule has 0 unspecified atom stereocenters. The highest BCUT2D eigenvalue weighted by Gasteiger charge is 2.23. The molecule has 0 spiro atoms. The zero-order valence-electron chi connectivity index (χ0n) is 11.8. The third-order valence-electron chi connectivity index (χ3n) is 4.19. The van der Waals surface area contributed by atoms with Gasteiger partial charge in [-0.05, 0) is 55.2 Å². The SMILES string of the molecule is CN(C)c1ccc(C2CCC(CC(=O)O)CC2)cc1. The molecule has 3 nitrogen and oxygen atoms in total. The predicted octanol–water partition coefficient (Wildman–Crippen LogP) is 3.50. The lowest BCUT2D eigenvalue weighted by atomic mass is 9.77. The summed E-state index contributed by atoms with van der Waals surface area (Å²) < 4.78 is 0. The highest BCUT2D eigenvalue weighted by Crippen LogP contribution is 2.37. The van der Waals surface area contributed by atoms with Gasteiger partial charge in [-0.25, -0.2) is 0 Å². The molecule has 19 heavy (non-hydrogen) atoms. The van der Waals surface area contributed by atoms with E-state index in [1.54, 1.807) is 0 Å². The first kappa shape index (κ1) is 13.9. The first-order chi connectivity index (χ1) is 9.06. The molecule has 1 aliphatic carbocycles. The quantitative estimate of drug-likeness (QED) is 0.901. The van der Waals surface area contributed by atoms with Crippen molar-refractivity contribution < 1.29 is 9.90 Å². The molecule has 3 heteroatoms. The van der Waals surface area contributed by atoms with Gasteiger partial charge in [0.15, 0.2) is 0 Å². The molecule has 2 rings (SSSR count). The van der Waals surface area contributed by atoms with Crippen molar-refractivity contribution in [2.24, 2.45) is 5.92 Å². The topological polar surface area (TPSA) is 40.5 Å². The molecule has 0 aromatic heterocycles. The molecule has 1 aliphatic rings. The summed E-state index contributed by atoms with van der Waals surface area (Å²) in [6.45, 7) is 0. The van der Waals surface area contributed by atoms with Crippen molar-refractivity contribution in [3.63, 3.8) is 0 Å². The van der Waals surface area contributed by atoms with Crippen LogP contribution in [0.3, 0.4) is 0 Å². The van der Waals surface area contributed by atoms with Gasteiger partial charge in [0.05, 0.1) is 0 Å². The van der Waals surface area contributed by atoms with Gasteiger partial charge in [0.1, 0.15) is 0 Å². The number of anilines is 1. The maximum atomic E-state index is 10.7. The van der Waals surface area contributed by atoms with Crippen molar-refractivity contribution >= 4 is 11.7 Å². The normalized spacial score (nSPS) is 23.1. The van der Waals surface area contributed by atoms with Crippen molar-refractivity contribution in [2.45, 2.75) is 38.0 Å². The fourth-order valence-electron chi connectivity index (χ4n) is 2.99. The number of aliphatic carboxylic acids is 1. The Morgan fingerprint density at radius 2 is 1.74 bits per heavy atom. The lowest BCUT2D eigenvalue weighted by Crippen LogP contribution is -2.16. The minimum atomic E-state index is -0.654. The fourth-order valence-corrected chi connectivity index (χ4v) is 2.99. The number of nitrogens with zero attached hydrogens (tertiary/aromatic N) is 1. The second kappa shape index (κ2) is 6.09. The van der Waals surface area contributed by atoms with E-state index < -0.39 is 5.97 Å². The average Bonchev–Trinajstić information content (AvgIpc) is 2.39. The summed E-state index contributed by atoms with van der Waals surface area (Å²) in [6, 6.07) is 8.77. The van der Waals surface area contributed by atoms with E-state index in [4.69, 9.17) is 5.11 Å². The molecule has 0 amide bonds.